The predicted molar refractivity (Wildman–Crippen MR) is 72.1 cm³/mol. The summed E-state index contributed by atoms with van der Waals surface area (Å²) in [5.41, 5.74) is -1.49. The second-order valence-electron chi connectivity index (χ2n) is 7.30. The van der Waals surface area contributed by atoms with Crippen molar-refractivity contribution < 1.29 is 15.1 Å². The van der Waals surface area contributed by atoms with Gasteiger partial charge in [-0.25, -0.2) is 0 Å². The minimum Gasteiger partial charge on any atom is -0.480 e. The van der Waals surface area contributed by atoms with Gasteiger partial charge in [-0.3, -0.25) is 4.79 Å². The molecule has 2 aliphatic heterocycles. The van der Waals surface area contributed by atoms with Gasteiger partial charge < -0.3 is 15.6 Å². The molecule has 5 nitrogen and oxygen atoms in total. The van der Waals surface area contributed by atoms with Crippen molar-refractivity contribution in [3.63, 3.8) is 0 Å². The van der Waals surface area contributed by atoms with Gasteiger partial charge in [0.1, 0.15) is 5.54 Å². The lowest BCUT2D eigenvalue weighted by molar-refractivity contribution is -0.197. The van der Waals surface area contributed by atoms with Crippen LogP contribution in [0.5, 0.6) is 0 Å². The van der Waals surface area contributed by atoms with E-state index in [1.165, 1.54) is 5.06 Å². The summed E-state index contributed by atoms with van der Waals surface area (Å²) in [6.07, 6.45) is 2.98. The van der Waals surface area contributed by atoms with E-state index < -0.39 is 17.0 Å². The molecule has 2 rings (SSSR count). The van der Waals surface area contributed by atoms with Gasteiger partial charge >= 0.3 is 5.97 Å². The average molecular weight is 270 g/mol. The van der Waals surface area contributed by atoms with E-state index in [0.717, 1.165) is 19.4 Å². The first-order chi connectivity index (χ1) is 8.62. The van der Waals surface area contributed by atoms with E-state index >= 15 is 0 Å². The van der Waals surface area contributed by atoms with E-state index in [0.29, 0.717) is 12.8 Å². The first kappa shape index (κ1) is 14.8. The first-order valence-electron chi connectivity index (χ1n) is 7.09. The van der Waals surface area contributed by atoms with Crippen LogP contribution in [0.3, 0.4) is 0 Å². The second-order valence-corrected chi connectivity index (χ2v) is 7.30. The largest absolute Gasteiger partial charge is 0.480 e. The number of carboxylic acids is 1. The predicted octanol–water partition coefficient (Wildman–Crippen LogP) is 1.85. The van der Waals surface area contributed by atoms with E-state index in [1.54, 1.807) is 0 Å². The fraction of sp³-hybridized carbons (Fsp3) is 0.929. The van der Waals surface area contributed by atoms with Crippen molar-refractivity contribution in [2.75, 3.05) is 6.54 Å². The first-order valence-corrected chi connectivity index (χ1v) is 7.09. The minimum absolute atomic E-state index is 0.161. The molecule has 5 heteroatoms. The Balaban J connectivity index is 2.21. The van der Waals surface area contributed by atoms with Gasteiger partial charge in [0.2, 0.25) is 0 Å². The van der Waals surface area contributed by atoms with Gasteiger partial charge in [-0.2, -0.15) is 5.06 Å². The molecule has 0 aromatic rings. The fourth-order valence-corrected chi connectivity index (χ4v) is 3.89. The molecule has 2 fully saturated rings. The van der Waals surface area contributed by atoms with Crippen molar-refractivity contribution in [1.29, 1.82) is 0 Å². The Bertz CT molecular complexity index is 373. The van der Waals surface area contributed by atoms with Gasteiger partial charge in [0, 0.05) is 11.1 Å². The number of hydrogen-bond acceptors (Lipinski definition) is 4. The van der Waals surface area contributed by atoms with Crippen molar-refractivity contribution in [3.8, 4) is 0 Å². The van der Waals surface area contributed by atoms with Crippen molar-refractivity contribution in [2.24, 2.45) is 5.92 Å². The Morgan fingerprint density at radius 2 is 2.00 bits per heavy atom. The molecule has 0 aliphatic carbocycles. The Kier molecular flexibility index (Phi) is 3.44. The molecule has 0 aromatic carbocycles. The third kappa shape index (κ3) is 2.28. The highest BCUT2D eigenvalue weighted by Gasteiger charge is 2.55. The average Bonchev–Trinajstić information content (AvgIpc) is 2.81. The molecule has 2 atom stereocenters. The van der Waals surface area contributed by atoms with E-state index in [1.807, 2.05) is 27.7 Å². The zero-order chi connectivity index (χ0) is 14.5. The van der Waals surface area contributed by atoms with Crippen LogP contribution in [0.25, 0.3) is 0 Å². The van der Waals surface area contributed by atoms with Crippen molar-refractivity contribution in [3.05, 3.63) is 0 Å². The van der Waals surface area contributed by atoms with Crippen molar-refractivity contribution >= 4 is 5.97 Å². The topological polar surface area (TPSA) is 72.8 Å². The number of aliphatic carboxylic acids is 1. The van der Waals surface area contributed by atoms with E-state index in [2.05, 4.69) is 5.32 Å². The SMILES string of the molecule is CC1(C)C[C@@H](C[C@@]2(C(=O)O)CCCN2)C(C)(C)N1O. The van der Waals surface area contributed by atoms with E-state index in [-0.39, 0.29) is 11.5 Å². The van der Waals surface area contributed by atoms with Crippen LogP contribution in [0.1, 0.15) is 53.4 Å². The van der Waals surface area contributed by atoms with Gasteiger partial charge in [-0.05, 0) is 65.8 Å². The molecule has 110 valence electrons. The normalized spacial score (nSPS) is 37.6. The third-order valence-corrected chi connectivity index (χ3v) is 5.11. The summed E-state index contributed by atoms with van der Waals surface area (Å²) in [5.74, 6) is -0.593. The molecular weight excluding hydrogens is 244 g/mol. The fourth-order valence-electron chi connectivity index (χ4n) is 3.89. The number of hydrogen-bond donors (Lipinski definition) is 3. The number of carbonyl (C=O) groups is 1. The van der Waals surface area contributed by atoms with Crippen molar-refractivity contribution in [2.45, 2.75) is 70.0 Å². The molecule has 0 spiro atoms. The highest BCUT2D eigenvalue weighted by Crippen LogP contribution is 2.47. The zero-order valence-electron chi connectivity index (χ0n) is 12.4. The molecule has 0 aromatic heterocycles. The Morgan fingerprint density at radius 3 is 2.37 bits per heavy atom. The van der Waals surface area contributed by atoms with Crippen LogP contribution >= 0.6 is 0 Å². The molecule has 2 saturated heterocycles. The quantitative estimate of drug-likeness (QED) is 0.730. The molecule has 0 amide bonds. The summed E-state index contributed by atoms with van der Waals surface area (Å²) in [6.45, 7) is 8.77. The lowest BCUT2D eigenvalue weighted by Crippen LogP contribution is -2.52. The van der Waals surface area contributed by atoms with E-state index in [4.69, 9.17) is 0 Å². The highest BCUT2D eigenvalue weighted by molar-refractivity contribution is 5.79. The molecular formula is C14H26N2O3. The number of hydroxylamine groups is 2. The summed E-state index contributed by atoms with van der Waals surface area (Å²) in [5, 5.41) is 24.5. The van der Waals surface area contributed by atoms with Crippen molar-refractivity contribution in [1.82, 2.24) is 10.4 Å². The standard InChI is InChI=1S/C14H26N2O3/c1-12(2)8-10(13(3,4)16(12)19)9-14(11(17)18)6-5-7-15-14/h10,15,19H,5-9H2,1-4H3,(H,17,18)/t10-,14+/m0/s1. The van der Waals surface area contributed by atoms with Gasteiger partial charge in [-0.1, -0.05) is 0 Å². The lowest BCUT2D eigenvalue weighted by Gasteiger charge is -2.38. The van der Waals surface area contributed by atoms with Crippen LogP contribution in [-0.2, 0) is 4.79 Å². The number of rotatable bonds is 3. The van der Waals surface area contributed by atoms with Crippen LogP contribution in [0.2, 0.25) is 0 Å². The van der Waals surface area contributed by atoms with E-state index in [9.17, 15) is 15.1 Å². The summed E-state index contributed by atoms with van der Waals surface area (Å²) in [4.78, 5) is 11.6. The number of nitrogens with one attached hydrogen (secondary N) is 1. The van der Waals surface area contributed by atoms with Gasteiger partial charge in [0.25, 0.3) is 0 Å². The maximum Gasteiger partial charge on any atom is 0.323 e. The maximum atomic E-state index is 11.6. The monoisotopic (exact) mass is 270 g/mol. The summed E-state index contributed by atoms with van der Waals surface area (Å²) in [7, 11) is 0. The van der Waals surface area contributed by atoms with Gasteiger partial charge in [0.15, 0.2) is 0 Å². The Morgan fingerprint density at radius 1 is 1.37 bits per heavy atom. The van der Waals surface area contributed by atoms with Crippen LogP contribution in [0, 0.1) is 5.92 Å². The molecule has 2 heterocycles. The smallest absolute Gasteiger partial charge is 0.323 e. The molecule has 0 saturated carbocycles. The third-order valence-electron chi connectivity index (χ3n) is 5.11. The second kappa shape index (κ2) is 4.43. The Hall–Kier alpha value is -0.650. The number of carboxylic acid groups (broad SMARTS) is 1. The van der Waals surface area contributed by atoms with Crippen LogP contribution < -0.4 is 5.32 Å². The molecule has 3 N–H and O–H groups in total. The zero-order valence-corrected chi connectivity index (χ0v) is 12.4. The molecule has 0 radical (unpaired) electrons. The Labute approximate surface area is 114 Å². The minimum atomic E-state index is -0.802. The molecule has 19 heavy (non-hydrogen) atoms. The number of nitrogens with zero attached hydrogens (tertiary/aromatic N) is 1. The highest BCUT2D eigenvalue weighted by atomic mass is 16.5. The summed E-state index contributed by atoms with van der Waals surface area (Å²) in [6, 6.07) is 0. The van der Waals surface area contributed by atoms with Crippen LogP contribution in [0.4, 0.5) is 0 Å². The van der Waals surface area contributed by atoms with Gasteiger partial charge in [0.05, 0.1) is 0 Å². The lowest BCUT2D eigenvalue weighted by atomic mass is 9.76. The summed E-state index contributed by atoms with van der Waals surface area (Å²) < 4.78 is 0. The molecule has 0 bridgehead atoms. The molecule has 2 aliphatic rings. The molecule has 0 unspecified atom stereocenters. The maximum absolute atomic E-state index is 11.6. The van der Waals surface area contributed by atoms with Gasteiger partial charge in [-0.15, -0.1) is 0 Å². The van der Waals surface area contributed by atoms with Crippen LogP contribution in [-0.4, -0.2) is 44.5 Å². The summed E-state index contributed by atoms with van der Waals surface area (Å²) >= 11 is 0. The van der Waals surface area contributed by atoms with Crippen LogP contribution in [0.15, 0.2) is 0 Å².